The number of hydrogen-bond acceptors (Lipinski definition) is 4. The summed E-state index contributed by atoms with van der Waals surface area (Å²) in [6, 6.07) is 15.9. The van der Waals surface area contributed by atoms with Crippen LogP contribution >= 0.6 is 12.2 Å². The van der Waals surface area contributed by atoms with Gasteiger partial charge in [-0.25, -0.2) is 0 Å². The largest absolute Gasteiger partial charge is 0.490 e. The molecule has 27 heavy (non-hydrogen) atoms. The van der Waals surface area contributed by atoms with Crippen molar-refractivity contribution in [3.05, 3.63) is 84.5 Å². The summed E-state index contributed by atoms with van der Waals surface area (Å²) in [6.07, 6.45) is 4.65. The van der Waals surface area contributed by atoms with Gasteiger partial charge >= 0.3 is 0 Å². The Morgan fingerprint density at radius 1 is 1.04 bits per heavy atom. The van der Waals surface area contributed by atoms with E-state index in [1.54, 1.807) is 36.4 Å². The molecule has 0 aliphatic rings. The van der Waals surface area contributed by atoms with Crippen molar-refractivity contribution >= 4 is 35.2 Å². The Hall–Kier alpha value is -3.45. The first kappa shape index (κ1) is 19.9. The molecule has 0 aromatic heterocycles. The summed E-state index contributed by atoms with van der Waals surface area (Å²) in [7, 11) is 0. The van der Waals surface area contributed by atoms with Gasteiger partial charge in [-0.2, -0.15) is 0 Å². The second-order valence-electron chi connectivity index (χ2n) is 5.27. The summed E-state index contributed by atoms with van der Waals surface area (Å²) < 4.78 is 5.35. The molecule has 2 aromatic carbocycles. The van der Waals surface area contributed by atoms with E-state index in [4.69, 9.17) is 17.0 Å². The number of carbonyl (C=O) groups excluding carboxylic acids is 2. The highest BCUT2D eigenvalue weighted by molar-refractivity contribution is 7.80. The molecule has 2 amide bonds. The summed E-state index contributed by atoms with van der Waals surface area (Å²) >= 11 is 4.98. The Bertz CT molecular complexity index is 833. The quantitative estimate of drug-likeness (QED) is 0.310. The minimum absolute atomic E-state index is 0.0167. The lowest BCUT2D eigenvalue weighted by Gasteiger charge is -2.10. The molecule has 0 bridgehead atoms. The van der Waals surface area contributed by atoms with Crippen molar-refractivity contribution in [1.82, 2.24) is 16.2 Å². The van der Waals surface area contributed by atoms with E-state index >= 15 is 0 Å². The highest BCUT2D eigenvalue weighted by Gasteiger charge is 2.07. The molecule has 0 heterocycles. The van der Waals surface area contributed by atoms with E-state index in [2.05, 4.69) is 22.7 Å². The Morgan fingerprint density at radius 2 is 1.74 bits per heavy atom. The molecular formula is C20H19N3O3S. The molecule has 2 rings (SSSR count). The number of benzene rings is 2. The van der Waals surface area contributed by atoms with Gasteiger partial charge in [0.25, 0.3) is 5.91 Å². The molecule has 3 N–H and O–H groups in total. The second kappa shape index (κ2) is 10.5. The third-order valence-corrected chi connectivity index (χ3v) is 3.44. The number of nitrogens with one attached hydrogen (secondary N) is 3. The standard InChI is InChI=1S/C20H19N3O3S/c1-2-14-26-17-11-9-16(10-12-17)19(25)22-23-20(27)21-18(24)13-8-15-6-4-3-5-7-15/h2-13H,1,14H2,(H,22,25)(H2,21,23,24,27)/b13-8+. The minimum atomic E-state index is -0.408. The van der Waals surface area contributed by atoms with Crippen LogP contribution in [0.1, 0.15) is 15.9 Å². The fourth-order valence-corrected chi connectivity index (χ4v) is 2.12. The van der Waals surface area contributed by atoms with E-state index < -0.39 is 11.8 Å². The summed E-state index contributed by atoms with van der Waals surface area (Å²) in [5.41, 5.74) is 6.19. The molecule has 0 aliphatic carbocycles. The van der Waals surface area contributed by atoms with Gasteiger partial charge in [0.15, 0.2) is 5.11 Å². The molecular weight excluding hydrogens is 362 g/mol. The van der Waals surface area contributed by atoms with Crippen molar-refractivity contribution in [2.24, 2.45) is 0 Å². The fraction of sp³-hybridized carbons (Fsp3) is 0.0500. The van der Waals surface area contributed by atoms with Crippen LogP contribution in [0.15, 0.2) is 73.3 Å². The smallest absolute Gasteiger partial charge is 0.269 e. The van der Waals surface area contributed by atoms with Crippen molar-refractivity contribution in [2.45, 2.75) is 0 Å². The lowest BCUT2D eigenvalue weighted by molar-refractivity contribution is -0.115. The Balaban J connectivity index is 1.77. The zero-order valence-electron chi connectivity index (χ0n) is 14.5. The third-order valence-electron chi connectivity index (χ3n) is 3.24. The molecule has 0 radical (unpaired) electrons. The van der Waals surface area contributed by atoms with Crippen molar-refractivity contribution in [2.75, 3.05) is 6.61 Å². The zero-order valence-corrected chi connectivity index (χ0v) is 15.3. The predicted octanol–water partition coefficient (Wildman–Crippen LogP) is 2.60. The van der Waals surface area contributed by atoms with E-state index in [9.17, 15) is 9.59 Å². The maximum Gasteiger partial charge on any atom is 0.269 e. The van der Waals surface area contributed by atoms with E-state index in [0.29, 0.717) is 17.9 Å². The molecule has 0 spiro atoms. The predicted molar refractivity (Wildman–Crippen MR) is 109 cm³/mol. The lowest BCUT2D eigenvalue weighted by atomic mass is 10.2. The van der Waals surface area contributed by atoms with Gasteiger partial charge in [0.2, 0.25) is 5.91 Å². The van der Waals surface area contributed by atoms with Crippen molar-refractivity contribution in [3.8, 4) is 5.75 Å². The first-order valence-corrected chi connectivity index (χ1v) is 8.47. The molecule has 0 saturated heterocycles. The van der Waals surface area contributed by atoms with Gasteiger partial charge in [-0.15, -0.1) is 0 Å². The zero-order chi connectivity index (χ0) is 19.5. The van der Waals surface area contributed by atoms with Crippen LogP contribution in [0.2, 0.25) is 0 Å². The third kappa shape index (κ3) is 7.13. The number of hydrazine groups is 1. The highest BCUT2D eigenvalue weighted by Crippen LogP contribution is 2.11. The van der Waals surface area contributed by atoms with Crippen LogP contribution in [0.5, 0.6) is 5.75 Å². The molecule has 0 saturated carbocycles. The Labute approximate surface area is 162 Å². The Kier molecular flexibility index (Phi) is 7.74. The molecule has 2 aromatic rings. The lowest BCUT2D eigenvalue weighted by Crippen LogP contribution is -2.48. The molecule has 7 heteroatoms. The van der Waals surface area contributed by atoms with Crippen LogP contribution in [0.25, 0.3) is 6.08 Å². The first-order chi connectivity index (χ1) is 13.1. The van der Waals surface area contributed by atoms with Crippen molar-refractivity contribution in [3.63, 3.8) is 0 Å². The van der Waals surface area contributed by atoms with Crippen LogP contribution in [-0.4, -0.2) is 23.5 Å². The van der Waals surface area contributed by atoms with Gasteiger partial charge in [-0.05, 0) is 48.1 Å². The topological polar surface area (TPSA) is 79.5 Å². The van der Waals surface area contributed by atoms with Crippen molar-refractivity contribution < 1.29 is 14.3 Å². The van der Waals surface area contributed by atoms with E-state index in [0.717, 1.165) is 5.56 Å². The normalized spacial score (nSPS) is 10.1. The number of ether oxygens (including phenoxy) is 1. The van der Waals surface area contributed by atoms with Crippen LogP contribution in [0, 0.1) is 0 Å². The molecule has 0 unspecified atom stereocenters. The number of hydrogen-bond donors (Lipinski definition) is 3. The van der Waals surface area contributed by atoms with Gasteiger partial charge in [-0.1, -0.05) is 43.0 Å². The molecule has 0 aliphatic heterocycles. The summed E-state index contributed by atoms with van der Waals surface area (Å²) in [6.45, 7) is 3.95. The molecule has 0 atom stereocenters. The maximum atomic E-state index is 12.1. The van der Waals surface area contributed by atoms with E-state index in [1.807, 2.05) is 30.3 Å². The van der Waals surface area contributed by atoms with Gasteiger partial charge in [0.05, 0.1) is 0 Å². The second-order valence-corrected chi connectivity index (χ2v) is 5.67. The van der Waals surface area contributed by atoms with Gasteiger partial charge in [0.1, 0.15) is 12.4 Å². The van der Waals surface area contributed by atoms with Gasteiger partial charge < -0.3 is 4.74 Å². The number of thiocarbonyl (C=S) groups is 1. The molecule has 6 nitrogen and oxygen atoms in total. The van der Waals surface area contributed by atoms with Gasteiger partial charge in [0, 0.05) is 11.6 Å². The van der Waals surface area contributed by atoms with Crippen LogP contribution in [0.3, 0.4) is 0 Å². The van der Waals surface area contributed by atoms with Crippen LogP contribution < -0.4 is 20.9 Å². The van der Waals surface area contributed by atoms with Crippen LogP contribution in [0.4, 0.5) is 0 Å². The van der Waals surface area contributed by atoms with Gasteiger partial charge in [-0.3, -0.25) is 25.8 Å². The average molecular weight is 381 g/mol. The van der Waals surface area contributed by atoms with Crippen molar-refractivity contribution in [1.29, 1.82) is 0 Å². The summed E-state index contributed by atoms with van der Waals surface area (Å²) in [4.78, 5) is 23.9. The first-order valence-electron chi connectivity index (χ1n) is 8.06. The molecule has 138 valence electrons. The maximum absolute atomic E-state index is 12.1. The van der Waals surface area contributed by atoms with Crippen LogP contribution in [-0.2, 0) is 4.79 Å². The Morgan fingerprint density at radius 3 is 2.41 bits per heavy atom. The average Bonchev–Trinajstić information content (AvgIpc) is 2.70. The number of carbonyl (C=O) groups is 2. The minimum Gasteiger partial charge on any atom is -0.490 e. The SMILES string of the molecule is C=CCOc1ccc(C(=O)NNC(=S)NC(=O)/C=C/c2ccccc2)cc1. The highest BCUT2D eigenvalue weighted by atomic mass is 32.1. The summed E-state index contributed by atoms with van der Waals surface area (Å²) in [5, 5.41) is 2.42. The summed E-state index contributed by atoms with van der Waals surface area (Å²) in [5.74, 6) is -0.177. The number of rotatable bonds is 6. The fourth-order valence-electron chi connectivity index (χ4n) is 1.96. The van der Waals surface area contributed by atoms with E-state index in [-0.39, 0.29) is 5.11 Å². The number of amides is 2. The molecule has 0 fully saturated rings. The van der Waals surface area contributed by atoms with E-state index in [1.165, 1.54) is 6.08 Å². The monoisotopic (exact) mass is 381 g/mol.